The van der Waals surface area contributed by atoms with Crippen LogP contribution in [0.2, 0.25) is 13.6 Å². The van der Waals surface area contributed by atoms with E-state index in [1.54, 1.807) is 57.0 Å². The highest BCUT2D eigenvalue weighted by atomic mass is 79.9. The Morgan fingerprint density at radius 1 is 0.614 bits per heavy atom. The number of benzene rings is 3. The van der Waals surface area contributed by atoms with Gasteiger partial charge >= 0.3 is 14.1 Å². The molecule has 70 heavy (non-hydrogen) atoms. The number of fused-ring (bicyclic) bond motifs is 3. The van der Waals surface area contributed by atoms with Gasteiger partial charge in [0.1, 0.15) is 0 Å². The van der Waals surface area contributed by atoms with Crippen molar-refractivity contribution in [2.75, 3.05) is 60.8 Å². The molecule has 20 nitrogen and oxygen atoms in total. The standard InChI is InChI=1S/C15H21BN4O2.C14H18N4O.C10H13BBrNO.C5H9N3O.C2H3N3.ClH/c1-16(21)19-6-5-12-3-4-13(9-14(12)11-19)15-10-17-18-20(15)7-8-22-2;1-19-7-6-18-14(10-16-17-18)12-3-2-11-4-5-15-9-13(11)8-12;1-11(14)13-5-4-8-2-3-10(12)6-9(8)7-13;1-9-5-4-8-3-2-6-7-8;1-2-4-5-3-1;/h3-4,9-10,21H,5-8,11H2,1-2H3;2-3,8,10,15H,4-7,9H2,1H3;2-3,6,14H,4-5,7H2,1H3;2-3H,4-5H2,1H3;1-2H,(H,3,4,5);1H. The monoisotopic (exact) mass is 1040 g/mol. The lowest BCUT2D eigenvalue weighted by molar-refractivity contribution is 0.183. The normalized spacial score (nSPS) is 13.7. The van der Waals surface area contributed by atoms with Crippen molar-refractivity contribution in [1.29, 1.82) is 0 Å². The molecule has 3 aliphatic rings. The SMILES string of the molecule is CB(O)N1CCc2ccc(Br)cc2C1.COCCn1ccnn1.COCCn1nncc1-c1ccc2c(c1)CN(B(C)O)CC2.COCCn1nncc1-c1ccc2c(c1)CNCC2.Cl.c1cn[nH]n1. The van der Waals surface area contributed by atoms with Crippen LogP contribution in [0.4, 0.5) is 0 Å². The molecular formula is C46H65B2BrClN15O5. The summed E-state index contributed by atoms with van der Waals surface area (Å²) < 4.78 is 21.6. The summed E-state index contributed by atoms with van der Waals surface area (Å²) in [5.74, 6) is 0. The summed E-state index contributed by atoms with van der Waals surface area (Å²) in [6.07, 6.45) is 13.3. The number of nitrogens with zero attached hydrogens (tertiary/aromatic N) is 13. The van der Waals surface area contributed by atoms with Gasteiger partial charge < -0.3 is 39.2 Å². The first-order valence-electron chi connectivity index (χ1n) is 23.1. The smallest absolute Gasteiger partial charge is 0.376 e. The summed E-state index contributed by atoms with van der Waals surface area (Å²) in [4.78, 5) is 4.15. The highest BCUT2D eigenvalue weighted by molar-refractivity contribution is 9.10. The molecular weight excluding hydrogens is 980 g/mol. The van der Waals surface area contributed by atoms with Crippen molar-refractivity contribution in [2.24, 2.45) is 0 Å². The predicted molar refractivity (Wildman–Crippen MR) is 276 cm³/mol. The first kappa shape index (κ1) is 55.7. The molecule has 0 fully saturated rings. The van der Waals surface area contributed by atoms with Crippen LogP contribution < -0.4 is 5.32 Å². The summed E-state index contributed by atoms with van der Waals surface area (Å²) in [7, 11) is 4.28. The molecule has 4 aromatic heterocycles. The number of aromatic amines is 1. The van der Waals surface area contributed by atoms with Gasteiger partial charge in [0.15, 0.2) is 0 Å². The second kappa shape index (κ2) is 29.9. The topological polar surface area (TPSA) is 220 Å². The maximum Gasteiger partial charge on any atom is 0.376 e. The molecule has 374 valence electrons. The van der Waals surface area contributed by atoms with E-state index < -0.39 is 7.05 Å². The average Bonchev–Trinajstić information content (AvgIpc) is 4.25. The summed E-state index contributed by atoms with van der Waals surface area (Å²) in [5.41, 5.74) is 12.5. The second-order valence-electron chi connectivity index (χ2n) is 16.5. The Bertz CT molecular complexity index is 2520. The molecule has 0 saturated heterocycles. The van der Waals surface area contributed by atoms with E-state index in [0.717, 1.165) is 93.0 Å². The third-order valence-corrected chi connectivity index (χ3v) is 12.3. The molecule has 0 saturated carbocycles. The fourth-order valence-corrected chi connectivity index (χ4v) is 8.32. The molecule has 0 atom stereocenters. The van der Waals surface area contributed by atoms with Gasteiger partial charge in [-0.15, -0.1) is 27.7 Å². The predicted octanol–water partition coefficient (Wildman–Crippen LogP) is 4.37. The molecule has 7 heterocycles. The van der Waals surface area contributed by atoms with Gasteiger partial charge in [0.05, 0.1) is 81.8 Å². The van der Waals surface area contributed by atoms with E-state index in [9.17, 15) is 10.0 Å². The summed E-state index contributed by atoms with van der Waals surface area (Å²) in [6.45, 7) is 13.3. The Labute approximate surface area is 425 Å². The van der Waals surface area contributed by atoms with Crippen LogP contribution in [-0.4, -0.2) is 155 Å². The molecule has 0 bridgehead atoms. The van der Waals surface area contributed by atoms with Crippen molar-refractivity contribution >= 4 is 42.4 Å². The van der Waals surface area contributed by atoms with Gasteiger partial charge in [0, 0.05) is 62.8 Å². The lowest BCUT2D eigenvalue weighted by atomic mass is 9.81. The Morgan fingerprint density at radius 3 is 1.63 bits per heavy atom. The lowest BCUT2D eigenvalue weighted by Crippen LogP contribution is -2.40. The minimum atomic E-state index is -0.411. The zero-order valence-electron chi connectivity index (χ0n) is 40.6. The van der Waals surface area contributed by atoms with Gasteiger partial charge in [-0.3, -0.25) is 4.68 Å². The van der Waals surface area contributed by atoms with Gasteiger partial charge in [0.25, 0.3) is 0 Å². The van der Waals surface area contributed by atoms with Crippen LogP contribution in [0.1, 0.15) is 33.4 Å². The Morgan fingerprint density at radius 2 is 1.13 bits per heavy atom. The third kappa shape index (κ3) is 17.0. The van der Waals surface area contributed by atoms with Gasteiger partial charge in [-0.2, -0.15) is 15.4 Å². The molecule has 0 unspecified atom stereocenters. The number of hydrogen-bond donors (Lipinski definition) is 4. The first-order valence-corrected chi connectivity index (χ1v) is 23.9. The van der Waals surface area contributed by atoms with Crippen molar-refractivity contribution in [3.05, 3.63) is 130 Å². The van der Waals surface area contributed by atoms with Crippen molar-refractivity contribution in [1.82, 2.24) is 75.3 Å². The fraction of sp³-hybridized carbons (Fsp3) is 0.435. The van der Waals surface area contributed by atoms with Crippen LogP contribution in [0.25, 0.3) is 22.5 Å². The van der Waals surface area contributed by atoms with Gasteiger partial charge in [-0.05, 0) is 110 Å². The van der Waals surface area contributed by atoms with E-state index >= 15 is 0 Å². The number of H-pyrrole nitrogens is 1. The van der Waals surface area contributed by atoms with Gasteiger partial charge in [-0.1, -0.05) is 61.9 Å². The molecule has 24 heteroatoms. The summed E-state index contributed by atoms with van der Waals surface area (Å²) >= 11 is 3.47. The van der Waals surface area contributed by atoms with Crippen molar-refractivity contribution in [3.63, 3.8) is 0 Å². The number of methoxy groups -OCH3 is 3. The van der Waals surface area contributed by atoms with Crippen molar-refractivity contribution in [2.45, 2.75) is 72.2 Å². The van der Waals surface area contributed by atoms with E-state index in [4.69, 9.17) is 14.2 Å². The number of halogens is 2. The zero-order chi connectivity index (χ0) is 48.8. The molecule has 4 N–H and O–H groups in total. The molecule has 0 radical (unpaired) electrons. The van der Waals surface area contributed by atoms with Crippen molar-refractivity contribution in [3.8, 4) is 22.5 Å². The Kier molecular flexibility index (Phi) is 23.8. The number of ether oxygens (including phenoxy) is 3. The van der Waals surface area contributed by atoms with Crippen LogP contribution in [0, 0.1) is 0 Å². The molecule has 3 aromatic carbocycles. The Hall–Kier alpha value is -5.20. The van der Waals surface area contributed by atoms with E-state index in [-0.39, 0.29) is 19.5 Å². The molecule has 0 aliphatic carbocycles. The van der Waals surface area contributed by atoms with Crippen LogP contribution in [0.5, 0.6) is 0 Å². The van der Waals surface area contributed by atoms with Crippen LogP contribution in [-0.2, 0) is 72.7 Å². The lowest BCUT2D eigenvalue weighted by Gasteiger charge is -2.29. The second-order valence-corrected chi connectivity index (χ2v) is 17.4. The first-order chi connectivity index (χ1) is 33.7. The van der Waals surface area contributed by atoms with E-state index in [1.807, 2.05) is 29.2 Å². The minimum Gasteiger partial charge on any atom is -0.437 e. The molecule has 7 aromatic rings. The maximum atomic E-state index is 9.79. The zero-order valence-corrected chi connectivity index (χ0v) is 43.0. The van der Waals surface area contributed by atoms with Gasteiger partial charge in [-0.25, -0.2) is 9.36 Å². The highest BCUT2D eigenvalue weighted by Gasteiger charge is 2.24. The largest absolute Gasteiger partial charge is 0.437 e. The van der Waals surface area contributed by atoms with Crippen LogP contribution >= 0.6 is 28.3 Å². The fourth-order valence-electron chi connectivity index (χ4n) is 7.92. The number of rotatable bonds is 13. The molecule has 10 rings (SSSR count). The highest BCUT2D eigenvalue weighted by Crippen LogP contribution is 2.27. The number of aromatic nitrogens is 12. The number of nitrogens with one attached hydrogen (secondary N) is 2. The average molecular weight is 1050 g/mol. The third-order valence-electron chi connectivity index (χ3n) is 11.8. The summed E-state index contributed by atoms with van der Waals surface area (Å²) in [6, 6.07) is 19.5. The van der Waals surface area contributed by atoms with Gasteiger partial charge in [0.2, 0.25) is 0 Å². The van der Waals surface area contributed by atoms with Crippen molar-refractivity contribution < 1.29 is 24.3 Å². The van der Waals surface area contributed by atoms with E-state index in [1.165, 1.54) is 38.9 Å². The molecule has 3 aliphatic heterocycles. The van der Waals surface area contributed by atoms with Crippen LogP contribution in [0.3, 0.4) is 0 Å². The maximum absolute atomic E-state index is 9.79. The molecule has 0 spiro atoms. The summed E-state index contributed by atoms with van der Waals surface area (Å²) in [5, 5.41) is 55.6. The Balaban J connectivity index is 0.000000173. The van der Waals surface area contributed by atoms with E-state index in [0.29, 0.717) is 26.4 Å². The minimum absolute atomic E-state index is 0. The molecule has 0 amide bonds. The number of hydrogen-bond acceptors (Lipinski definition) is 16. The quantitative estimate of drug-likeness (QED) is 0.118. The van der Waals surface area contributed by atoms with E-state index in [2.05, 4.69) is 132 Å². The van der Waals surface area contributed by atoms with Crippen LogP contribution in [0.15, 0.2) is 96.3 Å².